The highest BCUT2D eigenvalue weighted by molar-refractivity contribution is 7.08. The Morgan fingerprint density at radius 3 is 2.70 bits per heavy atom. The quantitative estimate of drug-likeness (QED) is 0.924. The number of fused-ring (bicyclic) bond motifs is 1. The number of aliphatic carboxylic acids is 1. The van der Waals surface area contributed by atoms with Gasteiger partial charge in [-0.25, -0.2) is 4.79 Å². The van der Waals surface area contributed by atoms with Gasteiger partial charge < -0.3 is 5.11 Å². The van der Waals surface area contributed by atoms with E-state index in [1.165, 1.54) is 16.2 Å². The molecule has 0 saturated heterocycles. The predicted octanol–water partition coefficient (Wildman–Crippen LogP) is 2.71. The van der Waals surface area contributed by atoms with Crippen molar-refractivity contribution >= 4 is 28.9 Å². The summed E-state index contributed by atoms with van der Waals surface area (Å²) in [5.74, 6) is -1.21. The molecule has 5 heteroatoms. The number of benzene rings is 1. The maximum Gasteiger partial charge on any atom is 0.327 e. The summed E-state index contributed by atoms with van der Waals surface area (Å²) in [5, 5.41) is 13.0. The number of hydrogen-bond donors (Lipinski definition) is 1. The molecule has 4 nitrogen and oxygen atoms in total. The second-order valence-electron chi connectivity index (χ2n) is 4.83. The minimum atomic E-state index is -0.970. The Kier molecular flexibility index (Phi) is 3.06. The van der Waals surface area contributed by atoms with Gasteiger partial charge in [-0.1, -0.05) is 18.2 Å². The van der Waals surface area contributed by atoms with E-state index in [0.29, 0.717) is 17.7 Å². The molecular formula is C15H13NO3S. The lowest BCUT2D eigenvalue weighted by molar-refractivity contribution is -0.138. The number of rotatable bonds is 2. The SMILES string of the molecule is Cc1cscc1C(=O)N1c2ccccc2C[C@H]1C(=O)O. The molecule has 1 aromatic heterocycles. The van der Waals surface area contributed by atoms with Crippen molar-refractivity contribution in [2.75, 3.05) is 4.90 Å². The van der Waals surface area contributed by atoms with Crippen LogP contribution in [0.15, 0.2) is 35.0 Å². The summed E-state index contributed by atoms with van der Waals surface area (Å²) in [5.41, 5.74) is 3.07. The van der Waals surface area contributed by atoms with Crippen molar-refractivity contribution in [1.82, 2.24) is 0 Å². The minimum Gasteiger partial charge on any atom is -0.480 e. The number of hydrogen-bond acceptors (Lipinski definition) is 3. The first kappa shape index (κ1) is 12.9. The topological polar surface area (TPSA) is 57.6 Å². The number of carboxylic acid groups (broad SMARTS) is 1. The zero-order valence-corrected chi connectivity index (χ0v) is 11.7. The Bertz CT molecular complexity index is 692. The molecule has 1 N–H and O–H groups in total. The normalized spacial score (nSPS) is 17.1. The molecule has 0 unspecified atom stereocenters. The Hall–Kier alpha value is -2.14. The van der Waals surface area contributed by atoms with Gasteiger partial charge in [0.1, 0.15) is 6.04 Å². The van der Waals surface area contributed by atoms with E-state index >= 15 is 0 Å². The number of anilines is 1. The van der Waals surface area contributed by atoms with Crippen LogP contribution in [0.2, 0.25) is 0 Å². The van der Waals surface area contributed by atoms with Crippen molar-refractivity contribution in [3.63, 3.8) is 0 Å². The van der Waals surface area contributed by atoms with Gasteiger partial charge >= 0.3 is 5.97 Å². The maximum atomic E-state index is 12.7. The number of carbonyl (C=O) groups excluding carboxylic acids is 1. The zero-order valence-electron chi connectivity index (χ0n) is 10.9. The fraction of sp³-hybridized carbons (Fsp3) is 0.200. The first-order chi connectivity index (χ1) is 9.59. The average Bonchev–Trinajstić information content (AvgIpc) is 3.01. The lowest BCUT2D eigenvalue weighted by atomic mass is 10.1. The third kappa shape index (κ3) is 1.91. The Labute approximate surface area is 120 Å². The summed E-state index contributed by atoms with van der Waals surface area (Å²) in [4.78, 5) is 25.5. The molecule has 2 heterocycles. The number of para-hydroxylation sites is 1. The van der Waals surface area contributed by atoms with Gasteiger partial charge in [0.05, 0.1) is 5.56 Å². The van der Waals surface area contributed by atoms with E-state index in [-0.39, 0.29) is 5.91 Å². The van der Waals surface area contributed by atoms with Crippen LogP contribution < -0.4 is 4.90 Å². The molecule has 102 valence electrons. The van der Waals surface area contributed by atoms with Crippen molar-refractivity contribution in [2.45, 2.75) is 19.4 Å². The van der Waals surface area contributed by atoms with Gasteiger partial charge in [0.15, 0.2) is 0 Å². The summed E-state index contributed by atoms with van der Waals surface area (Å²) in [6.07, 6.45) is 0.362. The first-order valence-corrected chi connectivity index (χ1v) is 7.21. The number of aryl methyl sites for hydroxylation is 1. The second-order valence-corrected chi connectivity index (χ2v) is 5.57. The molecule has 0 saturated carbocycles. The molecule has 1 aliphatic heterocycles. The third-order valence-electron chi connectivity index (χ3n) is 3.57. The molecule has 0 bridgehead atoms. The molecule has 0 radical (unpaired) electrons. The van der Waals surface area contributed by atoms with Crippen molar-refractivity contribution in [1.29, 1.82) is 0 Å². The van der Waals surface area contributed by atoms with E-state index in [2.05, 4.69) is 0 Å². The molecule has 1 aliphatic rings. The molecule has 0 spiro atoms. The highest BCUT2D eigenvalue weighted by atomic mass is 32.1. The Morgan fingerprint density at radius 2 is 2.05 bits per heavy atom. The number of thiophene rings is 1. The molecular weight excluding hydrogens is 274 g/mol. The number of carboxylic acids is 1. The van der Waals surface area contributed by atoms with Gasteiger partial charge in [-0.05, 0) is 29.5 Å². The van der Waals surface area contributed by atoms with Crippen LogP contribution >= 0.6 is 11.3 Å². The molecule has 2 aromatic rings. The second kappa shape index (κ2) is 4.76. The van der Waals surface area contributed by atoms with Gasteiger partial charge in [-0.2, -0.15) is 11.3 Å². The van der Waals surface area contributed by atoms with E-state index in [1.54, 1.807) is 11.4 Å². The average molecular weight is 287 g/mol. The van der Waals surface area contributed by atoms with Crippen molar-refractivity contribution in [3.8, 4) is 0 Å². The van der Waals surface area contributed by atoms with Gasteiger partial charge in [0.2, 0.25) is 0 Å². The summed E-state index contributed by atoms with van der Waals surface area (Å²) in [6.45, 7) is 1.86. The minimum absolute atomic E-state index is 0.235. The van der Waals surface area contributed by atoms with E-state index in [0.717, 1.165) is 11.1 Å². The molecule has 1 atom stereocenters. The van der Waals surface area contributed by atoms with Crippen molar-refractivity contribution < 1.29 is 14.7 Å². The number of amides is 1. The lowest BCUT2D eigenvalue weighted by Gasteiger charge is -2.22. The maximum absolute atomic E-state index is 12.7. The fourth-order valence-electron chi connectivity index (χ4n) is 2.54. The van der Waals surface area contributed by atoms with Crippen LogP contribution in [-0.2, 0) is 11.2 Å². The van der Waals surface area contributed by atoms with Crippen LogP contribution in [0.1, 0.15) is 21.5 Å². The molecule has 1 aromatic carbocycles. The van der Waals surface area contributed by atoms with E-state index in [1.807, 2.05) is 30.5 Å². The summed E-state index contributed by atoms with van der Waals surface area (Å²) in [7, 11) is 0. The van der Waals surface area contributed by atoms with Crippen LogP contribution in [0.5, 0.6) is 0 Å². The number of nitrogens with zero attached hydrogens (tertiary/aromatic N) is 1. The Morgan fingerprint density at radius 1 is 1.30 bits per heavy atom. The van der Waals surface area contributed by atoms with E-state index in [4.69, 9.17) is 0 Å². The monoisotopic (exact) mass is 287 g/mol. The molecule has 0 aliphatic carbocycles. The highest BCUT2D eigenvalue weighted by Crippen LogP contribution is 2.34. The van der Waals surface area contributed by atoms with E-state index < -0.39 is 12.0 Å². The predicted molar refractivity (Wildman–Crippen MR) is 77.4 cm³/mol. The highest BCUT2D eigenvalue weighted by Gasteiger charge is 2.38. The number of carbonyl (C=O) groups is 2. The molecule has 0 fully saturated rings. The van der Waals surface area contributed by atoms with Crippen LogP contribution in [0.25, 0.3) is 0 Å². The first-order valence-electron chi connectivity index (χ1n) is 6.26. The smallest absolute Gasteiger partial charge is 0.327 e. The summed E-state index contributed by atoms with van der Waals surface area (Å²) >= 11 is 1.45. The van der Waals surface area contributed by atoms with Crippen LogP contribution in [0.3, 0.4) is 0 Å². The van der Waals surface area contributed by atoms with Crippen molar-refractivity contribution in [2.24, 2.45) is 0 Å². The van der Waals surface area contributed by atoms with Crippen LogP contribution in [0.4, 0.5) is 5.69 Å². The third-order valence-corrected chi connectivity index (χ3v) is 4.43. The lowest BCUT2D eigenvalue weighted by Crippen LogP contribution is -2.42. The van der Waals surface area contributed by atoms with Crippen LogP contribution in [-0.4, -0.2) is 23.0 Å². The van der Waals surface area contributed by atoms with Gasteiger partial charge in [-0.15, -0.1) is 0 Å². The Balaban J connectivity index is 2.07. The molecule has 1 amide bonds. The van der Waals surface area contributed by atoms with Gasteiger partial charge in [0, 0.05) is 17.5 Å². The standard InChI is InChI=1S/C15H13NO3S/c1-9-7-20-8-11(9)14(17)16-12-5-3-2-4-10(12)6-13(16)15(18)19/h2-5,7-8,13H,6H2,1H3,(H,18,19)/t13-/m0/s1. The molecule has 20 heavy (non-hydrogen) atoms. The summed E-state index contributed by atoms with van der Waals surface area (Å²) in [6, 6.07) is 6.54. The summed E-state index contributed by atoms with van der Waals surface area (Å²) < 4.78 is 0. The van der Waals surface area contributed by atoms with Crippen molar-refractivity contribution in [3.05, 3.63) is 51.7 Å². The van der Waals surface area contributed by atoms with Gasteiger partial charge in [-0.3, -0.25) is 9.69 Å². The van der Waals surface area contributed by atoms with Crippen LogP contribution in [0, 0.1) is 6.92 Å². The largest absolute Gasteiger partial charge is 0.480 e. The fourth-order valence-corrected chi connectivity index (χ4v) is 3.37. The van der Waals surface area contributed by atoms with E-state index in [9.17, 15) is 14.7 Å². The van der Waals surface area contributed by atoms with Gasteiger partial charge in [0.25, 0.3) is 5.91 Å². The zero-order chi connectivity index (χ0) is 14.3. The molecule has 3 rings (SSSR count).